The molecule has 162 valence electrons. The largest absolute Gasteiger partial charge is 0.550 e. The summed E-state index contributed by atoms with van der Waals surface area (Å²) < 4.78 is 16.5. The topological polar surface area (TPSA) is 91.5 Å². The predicted octanol–water partition coefficient (Wildman–Crippen LogP) is 3.30. The van der Waals surface area contributed by atoms with Crippen LogP contribution in [0.15, 0.2) is 0 Å². The summed E-state index contributed by atoms with van der Waals surface area (Å²) >= 11 is 0. The van der Waals surface area contributed by atoms with Crippen LogP contribution >= 0.6 is 0 Å². The van der Waals surface area contributed by atoms with E-state index in [0.717, 1.165) is 32.1 Å². The Morgan fingerprint density at radius 3 is 1.86 bits per heavy atom. The summed E-state index contributed by atoms with van der Waals surface area (Å²) in [7, 11) is 0. The summed E-state index contributed by atoms with van der Waals surface area (Å²) in [6.45, 7) is 2.60. The van der Waals surface area contributed by atoms with Gasteiger partial charge in [0.05, 0.1) is 37.4 Å². The minimum Gasteiger partial charge on any atom is -0.550 e. The molecule has 0 spiro atoms. The van der Waals surface area contributed by atoms with Crippen LogP contribution in [0.4, 0.5) is 0 Å². The van der Waals surface area contributed by atoms with E-state index in [4.69, 9.17) is 14.2 Å². The van der Waals surface area contributed by atoms with E-state index in [0.29, 0.717) is 31.0 Å². The number of hydrogen-bond donors (Lipinski definition) is 0. The number of carboxylic acid groups (broad SMARTS) is 1. The molecule has 2 rings (SSSR count). The van der Waals surface area contributed by atoms with Gasteiger partial charge in [0.1, 0.15) is 0 Å². The average molecular weight is 398 g/mol. The molecular weight excluding hydrogens is 360 g/mol. The van der Waals surface area contributed by atoms with E-state index in [-0.39, 0.29) is 12.8 Å². The lowest BCUT2D eigenvalue weighted by Gasteiger charge is -2.04. The van der Waals surface area contributed by atoms with E-state index in [1.54, 1.807) is 0 Å². The predicted molar refractivity (Wildman–Crippen MR) is 104 cm³/mol. The molecule has 0 bridgehead atoms. The summed E-state index contributed by atoms with van der Waals surface area (Å²) in [5, 5.41) is 10.3. The van der Waals surface area contributed by atoms with Gasteiger partial charge in [0, 0.05) is 5.97 Å². The maximum atomic E-state index is 11.3. The molecular formula is C22H37O6-. The first kappa shape index (κ1) is 23.1. The molecule has 6 heteroatoms. The molecule has 0 aromatic carbocycles. The van der Waals surface area contributed by atoms with Gasteiger partial charge in [-0.1, -0.05) is 39.0 Å². The number of ether oxygens (including phenoxy) is 3. The molecule has 0 aliphatic carbocycles. The molecule has 2 heterocycles. The normalized spacial score (nSPS) is 25.5. The van der Waals surface area contributed by atoms with E-state index in [1.807, 2.05) is 0 Å². The maximum Gasteiger partial charge on any atom is 0.306 e. The van der Waals surface area contributed by atoms with Crippen molar-refractivity contribution in [1.82, 2.24) is 0 Å². The Hall–Kier alpha value is -1.14. The molecule has 0 aromatic heterocycles. The van der Waals surface area contributed by atoms with E-state index < -0.39 is 11.9 Å². The highest BCUT2D eigenvalue weighted by molar-refractivity contribution is 5.75. The molecule has 2 aliphatic rings. The highest BCUT2D eigenvalue weighted by Crippen LogP contribution is 2.35. The van der Waals surface area contributed by atoms with Crippen LogP contribution in [0.25, 0.3) is 0 Å². The van der Waals surface area contributed by atoms with Crippen molar-refractivity contribution in [3.05, 3.63) is 0 Å². The minimum absolute atomic E-state index is 0.111. The first-order valence-corrected chi connectivity index (χ1v) is 11.3. The van der Waals surface area contributed by atoms with Crippen LogP contribution in [-0.2, 0) is 23.8 Å². The standard InChI is InChI=1S/C22H38O6/c1-2-3-4-5-6-10-17-19(27-17)12-9-13-20-18(28-20)11-7-8-16-26-22(25)15-14-21(23)24/h17-20H,2-16H2,1H3,(H,23,24)/p-1. The lowest BCUT2D eigenvalue weighted by molar-refractivity contribution is -0.305. The van der Waals surface area contributed by atoms with Crippen molar-refractivity contribution in [2.45, 2.75) is 121 Å². The van der Waals surface area contributed by atoms with Gasteiger partial charge in [-0.15, -0.1) is 0 Å². The quantitative estimate of drug-likeness (QED) is 0.200. The van der Waals surface area contributed by atoms with Crippen molar-refractivity contribution in [3.63, 3.8) is 0 Å². The Bertz CT molecular complexity index is 466. The highest BCUT2D eigenvalue weighted by atomic mass is 16.6. The van der Waals surface area contributed by atoms with Crippen molar-refractivity contribution in [2.24, 2.45) is 0 Å². The molecule has 0 N–H and O–H groups in total. The number of hydrogen-bond acceptors (Lipinski definition) is 6. The van der Waals surface area contributed by atoms with Crippen molar-refractivity contribution in [1.29, 1.82) is 0 Å². The fraction of sp³-hybridized carbons (Fsp3) is 0.909. The number of carbonyl (C=O) groups is 2. The van der Waals surface area contributed by atoms with Gasteiger partial charge in [-0.2, -0.15) is 0 Å². The van der Waals surface area contributed by atoms with Gasteiger partial charge in [0.2, 0.25) is 0 Å². The van der Waals surface area contributed by atoms with Crippen molar-refractivity contribution in [2.75, 3.05) is 6.61 Å². The number of unbranched alkanes of at least 4 members (excludes halogenated alkanes) is 5. The third-order valence-electron chi connectivity index (χ3n) is 5.62. The van der Waals surface area contributed by atoms with Crippen molar-refractivity contribution < 1.29 is 28.9 Å². The number of aliphatic carboxylic acids is 1. The number of carbonyl (C=O) groups excluding carboxylic acids is 2. The van der Waals surface area contributed by atoms with Crippen molar-refractivity contribution >= 4 is 11.9 Å². The second-order valence-electron chi connectivity index (χ2n) is 8.15. The summed E-state index contributed by atoms with van der Waals surface area (Å²) in [5.41, 5.74) is 0. The second kappa shape index (κ2) is 13.2. The number of epoxide rings is 2. The molecule has 0 aromatic rings. The Kier molecular flexibility index (Phi) is 10.9. The van der Waals surface area contributed by atoms with E-state index in [1.165, 1.54) is 44.9 Å². The van der Waals surface area contributed by atoms with Gasteiger partial charge in [-0.25, -0.2) is 0 Å². The summed E-state index contributed by atoms with van der Waals surface area (Å²) in [4.78, 5) is 21.5. The summed E-state index contributed by atoms with van der Waals surface area (Å²) in [6, 6.07) is 0. The first-order chi connectivity index (χ1) is 13.6. The number of rotatable bonds is 18. The third kappa shape index (κ3) is 10.4. The fourth-order valence-corrected chi connectivity index (χ4v) is 3.75. The first-order valence-electron chi connectivity index (χ1n) is 11.3. The van der Waals surface area contributed by atoms with E-state index in [9.17, 15) is 14.7 Å². The highest BCUT2D eigenvalue weighted by Gasteiger charge is 2.40. The number of esters is 1. The van der Waals surface area contributed by atoms with Crippen LogP contribution in [0, 0.1) is 0 Å². The molecule has 6 nitrogen and oxygen atoms in total. The Labute approximate surface area is 169 Å². The minimum atomic E-state index is -1.22. The van der Waals surface area contributed by atoms with Crippen LogP contribution in [-0.4, -0.2) is 43.0 Å². The van der Waals surface area contributed by atoms with Crippen LogP contribution in [0.2, 0.25) is 0 Å². The second-order valence-corrected chi connectivity index (χ2v) is 8.15. The van der Waals surface area contributed by atoms with Crippen molar-refractivity contribution in [3.8, 4) is 0 Å². The van der Waals surface area contributed by atoms with Gasteiger partial charge >= 0.3 is 5.97 Å². The molecule has 2 saturated heterocycles. The molecule has 2 aliphatic heterocycles. The number of carboxylic acids is 1. The molecule has 4 atom stereocenters. The monoisotopic (exact) mass is 397 g/mol. The van der Waals surface area contributed by atoms with Crippen LogP contribution in [0.3, 0.4) is 0 Å². The zero-order valence-corrected chi connectivity index (χ0v) is 17.4. The lowest BCUT2D eigenvalue weighted by atomic mass is 10.0. The van der Waals surface area contributed by atoms with Gasteiger partial charge in [0.15, 0.2) is 0 Å². The molecule has 4 unspecified atom stereocenters. The average Bonchev–Trinajstić information content (AvgIpc) is 3.58. The Morgan fingerprint density at radius 1 is 0.750 bits per heavy atom. The Balaban J connectivity index is 1.33. The zero-order chi connectivity index (χ0) is 20.2. The van der Waals surface area contributed by atoms with Gasteiger partial charge in [-0.3, -0.25) is 4.79 Å². The fourth-order valence-electron chi connectivity index (χ4n) is 3.75. The van der Waals surface area contributed by atoms with Crippen LogP contribution in [0.1, 0.15) is 96.8 Å². The lowest BCUT2D eigenvalue weighted by Crippen LogP contribution is -2.23. The van der Waals surface area contributed by atoms with Gasteiger partial charge in [0.25, 0.3) is 0 Å². The molecule has 28 heavy (non-hydrogen) atoms. The molecule has 0 saturated carbocycles. The SMILES string of the molecule is CCCCCCCC1OC1CCCC1OC1CCCCOC(=O)CCC(=O)[O-]. The van der Waals surface area contributed by atoms with Gasteiger partial charge in [-0.05, 0) is 51.4 Å². The molecule has 0 radical (unpaired) electrons. The van der Waals surface area contributed by atoms with Crippen LogP contribution < -0.4 is 5.11 Å². The van der Waals surface area contributed by atoms with Gasteiger partial charge < -0.3 is 24.1 Å². The summed E-state index contributed by atoms with van der Waals surface area (Å²) in [5.74, 6) is -1.69. The van der Waals surface area contributed by atoms with E-state index >= 15 is 0 Å². The van der Waals surface area contributed by atoms with Crippen LogP contribution in [0.5, 0.6) is 0 Å². The smallest absolute Gasteiger partial charge is 0.306 e. The maximum absolute atomic E-state index is 11.3. The third-order valence-corrected chi connectivity index (χ3v) is 5.62. The van der Waals surface area contributed by atoms with E-state index in [2.05, 4.69) is 6.92 Å². The molecule has 2 fully saturated rings. The Morgan fingerprint density at radius 2 is 1.29 bits per heavy atom. The molecule has 0 amide bonds. The zero-order valence-electron chi connectivity index (χ0n) is 17.4. The summed E-state index contributed by atoms with van der Waals surface area (Å²) in [6.07, 6.45) is 15.5.